The van der Waals surface area contributed by atoms with Gasteiger partial charge in [-0.3, -0.25) is 9.59 Å². The number of amides is 2. The van der Waals surface area contributed by atoms with Crippen LogP contribution in [0, 0.1) is 5.92 Å². The second-order valence-electron chi connectivity index (χ2n) is 5.68. The lowest BCUT2D eigenvalue weighted by Crippen LogP contribution is -2.32. The van der Waals surface area contributed by atoms with E-state index >= 15 is 0 Å². The molecule has 2 amide bonds. The second-order valence-corrected chi connectivity index (χ2v) is 5.68. The Hall–Kier alpha value is -1.88. The van der Waals surface area contributed by atoms with Crippen LogP contribution in [-0.2, 0) is 9.59 Å². The van der Waals surface area contributed by atoms with Crippen LogP contribution in [0.25, 0.3) is 0 Å². The predicted molar refractivity (Wildman–Crippen MR) is 83.9 cm³/mol. The van der Waals surface area contributed by atoms with Crippen molar-refractivity contribution >= 4 is 23.2 Å². The first-order valence-corrected chi connectivity index (χ1v) is 7.53. The molecule has 1 saturated carbocycles. The number of nitrogens with two attached hydrogens (primary N) is 1. The molecule has 1 aromatic carbocycles. The Kier molecular flexibility index (Phi) is 5.33. The Morgan fingerprint density at radius 3 is 2.38 bits per heavy atom. The summed E-state index contributed by atoms with van der Waals surface area (Å²) in [6, 6.07) is 6.58. The van der Waals surface area contributed by atoms with Gasteiger partial charge in [-0.25, -0.2) is 0 Å². The highest BCUT2D eigenvalue weighted by Gasteiger charge is 2.21. The number of hydrogen-bond acceptors (Lipinski definition) is 3. The molecule has 1 aromatic rings. The van der Waals surface area contributed by atoms with Gasteiger partial charge in [0, 0.05) is 17.3 Å². The van der Waals surface area contributed by atoms with Crippen LogP contribution >= 0.6 is 0 Å². The van der Waals surface area contributed by atoms with E-state index in [0.717, 1.165) is 25.7 Å². The van der Waals surface area contributed by atoms with Crippen molar-refractivity contribution in [1.82, 2.24) is 0 Å². The normalized spacial score (nSPS) is 17.0. The molecule has 0 bridgehead atoms. The van der Waals surface area contributed by atoms with E-state index in [4.69, 9.17) is 5.73 Å². The van der Waals surface area contributed by atoms with Crippen molar-refractivity contribution < 1.29 is 9.59 Å². The molecule has 1 atom stereocenters. The molecule has 2 rings (SSSR count). The number of benzene rings is 1. The zero-order valence-electron chi connectivity index (χ0n) is 12.4. The number of rotatable bonds is 4. The smallest absolute Gasteiger partial charge is 0.240 e. The first-order chi connectivity index (χ1) is 10.1. The van der Waals surface area contributed by atoms with Crippen molar-refractivity contribution in [3.8, 4) is 0 Å². The summed E-state index contributed by atoms with van der Waals surface area (Å²) in [6.07, 6.45) is 5.41. The van der Waals surface area contributed by atoms with Gasteiger partial charge >= 0.3 is 0 Å². The van der Waals surface area contributed by atoms with Crippen LogP contribution in [0.4, 0.5) is 11.4 Å². The third-order valence-electron chi connectivity index (χ3n) is 3.79. The van der Waals surface area contributed by atoms with Gasteiger partial charge in [-0.1, -0.05) is 25.3 Å². The summed E-state index contributed by atoms with van der Waals surface area (Å²) in [6.45, 7) is 1.63. The number of anilines is 2. The van der Waals surface area contributed by atoms with Gasteiger partial charge in [-0.15, -0.1) is 0 Å². The van der Waals surface area contributed by atoms with Gasteiger partial charge in [0.15, 0.2) is 0 Å². The molecule has 0 unspecified atom stereocenters. The molecule has 5 nitrogen and oxygen atoms in total. The lowest BCUT2D eigenvalue weighted by molar-refractivity contribution is -0.120. The summed E-state index contributed by atoms with van der Waals surface area (Å²) in [5.41, 5.74) is 6.86. The molecule has 5 heteroatoms. The van der Waals surface area contributed by atoms with Gasteiger partial charge in [-0.2, -0.15) is 0 Å². The van der Waals surface area contributed by atoms with Crippen LogP contribution in [0.5, 0.6) is 0 Å². The van der Waals surface area contributed by atoms with E-state index in [-0.39, 0.29) is 17.7 Å². The van der Waals surface area contributed by atoms with Gasteiger partial charge in [0.25, 0.3) is 0 Å². The molecule has 114 valence electrons. The van der Waals surface area contributed by atoms with Gasteiger partial charge in [-0.05, 0) is 38.0 Å². The first kappa shape index (κ1) is 15.5. The summed E-state index contributed by atoms with van der Waals surface area (Å²) < 4.78 is 0. The summed E-state index contributed by atoms with van der Waals surface area (Å²) in [7, 11) is 0. The topological polar surface area (TPSA) is 84.2 Å². The molecular formula is C16H23N3O2. The van der Waals surface area contributed by atoms with Crippen molar-refractivity contribution in [1.29, 1.82) is 0 Å². The minimum atomic E-state index is -0.564. The highest BCUT2D eigenvalue weighted by atomic mass is 16.2. The minimum absolute atomic E-state index is 0.0744. The van der Waals surface area contributed by atoms with Crippen LogP contribution in [-0.4, -0.2) is 17.9 Å². The summed E-state index contributed by atoms with van der Waals surface area (Å²) >= 11 is 0. The molecule has 0 aliphatic heterocycles. The van der Waals surface area contributed by atoms with E-state index in [0.29, 0.717) is 11.4 Å². The maximum Gasteiger partial charge on any atom is 0.240 e. The van der Waals surface area contributed by atoms with Crippen LogP contribution in [0.1, 0.15) is 39.0 Å². The van der Waals surface area contributed by atoms with Gasteiger partial charge < -0.3 is 16.4 Å². The second kappa shape index (κ2) is 7.22. The Morgan fingerprint density at radius 2 is 1.76 bits per heavy atom. The molecule has 1 aliphatic carbocycles. The highest BCUT2D eigenvalue weighted by Crippen LogP contribution is 2.25. The monoisotopic (exact) mass is 289 g/mol. The zero-order valence-corrected chi connectivity index (χ0v) is 12.4. The van der Waals surface area contributed by atoms with E-state index in [1.807, 2.05) is 6.07 Å². The van der Waals surface area contributed by atoms with Crippen LogP contribution < -0.4 is 16.4 Å². The van der Waals surface area contributed by atoms with Gasteiger partial charge in [0.2, 0.25) is 11.8 Å². The number of carbonyl (C=O) groups is 2. The highest BCUT2D eigenvalue weighted by molar-refractivity contribution is 5.96. The number of hydrogen-bond donors (Lipinski definition) is 3. The van der Waals surface area contributed by atoms with E-state index in [1.54, 1.807) is 25.1 Å². The van der Waals surface area contributed by atoms with Crippen molar-refractivity contribution in [3.05, 3.63) is 24.3 Å². The summed E-state index contributed by atoms with van der Waals surface area (Å²) in [5, 5.41) is 5.65. The van der Waals surface area contributed by atoms with E-state index < -0.39 is 6.04 Å². The van der Waals surface area contributed by atoms with Gasteiger partial charge in [0.05, 0.1) is 6.04 Å². The summed E-state index contributed by atoms with van der Waals surface area (Å²) in [4.78, 5) is 23.8. The SMILES string of the molecule is C[C@@H](N)C(=O)Nc1cccc(NC(=O)C2CCCCC2)c1. The van der Waals surface area contributed by atoms with Gasteiger partial charge in [0.1, 0.15) is 0 Å². The maximum atomic E-state index is 12.2. The number of nitrogens with one attached hydrogen (secondary N) is 2. The molecule has 0 saturated heterocycles. The van der Waals surface area contributed by atoms with Crippen LogP contribution in [0.15, 0.2) is 24.3 Å². The average molecular weight is 289 g/mol. The van der Waals surface area contributed by atoms with E-state index in [1.165, 1.54) is 6.42 Å². The molecule has 1 aliphatic rings. The Labute approximate surface area is 125 Å². The molecule has 0 radical (unpaired) electrons. The largest absolute Gasteiger partial charge is 0.326 e. The lowest BCUT2D eigenvalue weighted by atomic mass is 9.88. The summed E-state index contributed by atoms with van der Waals surface area (Å²) in [5.74, 6) is -0.0582. The fourth-order valence-electron chi connectivity index (χ4n) is 2.54. The first-order valence-electron chi connectivity index (χ1n) is 7.53. The van der Waals surface area contributed by atoms with Crippen molar-refractivity contribution in [3.63, 3.8) is 0 Å². The molecule has 0 heterocycles. The standard InChI is InChI=1S/C16H23N3O2/c1-11(17)15(20)18-13-8-5-9-14(10-13)19-16(21)12-6-3-2-4-7-12/h5,8-12H,2-4,6-7,17H2,1H3,(H,18,20)(H,19,21)/t11-/m1/s1. The Balaban J connectivity index is 1.97. The third-order valence-corrected chi connectivity index (χ3v) is 3.79. The quantitative estimate of drug-likeness (QED) is 0.796. The lowest BCUT2D eigenvalue weighted by Gasteiger charge is -2.21. The molecule has 1 fully saturated rings. The molecular weight excluding hydrogens is 266 g/mol. The van der Waals surface area contributed by atoms with Crippen molar-refractivity contribution in [2.75, 3.05) is 10.6 Å². The molecule has 0 spiro atoms. The van der Waals surface area contributed by atoms with Crippen molar-refractivity contribution in [2.45, 2.75) is 45.1 Å². The average Bonchev–Trinajstić information content (AvgIpc) is 2.48. The minimum Gasteiger partial charge on any atom is -0.326 e. The fraction of sp³-hybridized carbons (Fsp3) is 0.500. The van der Waals surface area contributed by atoms with E-state index in [9.17, 15) is 9.59 Å². The maximum absolute atomic E-state index is 12.2. The molecule has 0 aromatic heterocycles. The predicted octanol–water partition coefficient (Wildman–Crippen LogP) is 2.49. The third kappa shape index (κ3) is 4.56. The zero-order chi connectivity index (χ0) is 15.2. The molecule has 4 N–H and O–H groups in total. The van der Waals surface area contributed by atoms with Crippen molar-refractivity contribution in [2.24, 2.45) is 11.7 Å². The number of carbonyl (C=O) groups excluding carboxylic acids is 2. The fourth-order valence-corrected chi connectivity index (χ4v) is 2.54. The molecule has 21 heavy (non-hydrogen) atoms. The van der Waals surface area contributed by atoms with E-state index in [2.05, 4.69) is 10.6 Å². The Bertz CT molecular complexity index is 508. The Morgan fingerprint density at radius 1 is 1.14 bits per heavy atom. The van der Waals surface area contributed by atoms with Crippen LogP contribution in [0.3, 0.4) is 0 Å². The van der Waals surface area contributed by atoms with Crippen LogP contribution in [0.2, 0.25) is 0 Å².